The van der Waals surface area contributed by atoms with E-state index in [1.165, 1.54) is 18.2 Å². The number of hydrogen-bond donors (Lipinski definition) is 0. The molecule has 2 fully saturated rings. The zero-order valence-corrected chi connectivity index (χ0v) is 25.2. The van der Waals surface area contributed by atoms with Crippen LogP contribution in [0.4, 0.5) is 10.1 Å². The van der Waals surface area contributed by atoms with Crippen molar-refractivity contribution in [2.45, 2.75) is 62.1 Å². The molecular weight excluding hydrogens is 602 g/mol. The van der Waals surface area contributed by atoms with Crippen molar-refractivity contribution in [3.63, 3.8) is 0 Å². The lowest BCUT2D eigenvalue weighted by Crippen LogP contribution is -2.58. The summed E-state index contributed by atoms with van der Waals surface area (Å²) in [5.41, 5.74) is 1.31. The second kappa shape index (κ2) is 12.7. The molecule has 0 N–H and O–H groups in total. The number of sulfonamides is 1. The number of benzene rings is 3. The third kappa shape index (κ3) is 6.20. The molecule has 0 bridgehead atoms. The second-order valence-electron chi connectivity index (χ2n) is 10.5. The lowest BCUT2D eigenvalue weighted by Gasteiger charge is -2.48. The van der Waals surface area contributed by atoms with Gasteiger partial charge in [0.2, 0.25) is 10.0 Å². The molecule has 4 atom stereocenters. The Labute approximate surface area is 255 Å². The summed E-state index contributed by atoms with van der Waals surface area (Å²) >= 11 is 12.6. The molecule has 1 heterocycles. The van der Waals surface area contributed by atoms with Crippen molar-refractivity contribution in [1.82, 2.24) is 4.90 Å². The topological polar surface area (TPSA) is 84.0 Å². The predicted octanol–water partition coefficient (Wildman–Crippen LogP) is 6.51. The third-order valence-corrected chi connectivity index (χ3v) is 10.5. The van der Waals surface area contributed by atoms with E-state index in [9.17, 15) is 18.0 Å². The molecule has 0 spiro atoms. The van der Waals surface area contributed by atoms with Gasteiger partial charge in [0, 0.05) is 16.5 Å². The minimum atomic E-state index is -3.91. The molecule has 2 aliphatic rings. The molecule has 1 aliphatic heterocycles. The Morgan fingerprint density at radius 1 is 1.02 bits per heavy atom. The smallest absolute Gasteiger partial charge is 0.253 e. The van der Waals surface area contributed by atoms with E-state index in [-0.39, 0.29) is 18.7 Å². The maximum atomic E-state index is 15.1. The third-order valence-electron chi connectivity index (χ3n) is 7.74. The predicted molar refractivity (Wildman–Crippen MR) is 161 cm³/mol. The van der Waals surface area contributed by atoms with Crippen LogP contribution in [0.2, 0.25) is 10.0 Å². The van der Waals surface area contributed by atoms with Crippen LogP contribution in [-0.2, 0) is 24.3 Å². The Morgan fingerprint density at radius 3 is 2.36 bits per heavy atom. The SMILES string of the molecule is CC[C@H](CN(c1ccccc1F)S(=O)(=O)C1CC1)N1C(=O)[C@H](CC=O)O[C@H](c2cccc(Cl)c2)[C@H]1c1ccc(Cl)cc1. The molecule has 3 aromatic carbocycles. The highest BCUT2D eigenvalue weighted by atomic mass is 35.5. The summed E-state index contributed by atoms with van der Waals surface area (Å²) in [5.74, 6) is -1.13. The lowest BCUT2D eigenvalue weighted by molar-refractivity contribution is -0.180. The Balaban J connectivity index is 1.65. The summed E-state index contributed by atoms with van der Waals surface area (Å²) in [7, 11) is -3.91. The fourth-order valence-electron chi connectivity index (χ4n) is 5.49. The molecule has 1 saturated carbocycles. The first-order valence-corrected chi connectivity index (χ1v) is 16.1. The molecule has 11 heteroatoms. The summed E-state index contributed by atoms with van der Waals surface area (Å²) in [4.78, 5) is 27.4. The molecule has 0 unspecified atom stereocenters. The number of carbonyl (C=O) groups is 2. The largest absolute Gasteiger partial charge is 0.357 e. The molecule has 222 valence electrons. The van der Waals surface area contributed by atoms with Crippen LogP contribution in [0.25, 0.3) is 0 Å². The summed E-state index contributed by atoms with van der Waals surface area (Å²) in [6, 6.07) is 18.4. The minimum absolute atomic E-state index is 0.0672. The Kier molecular flexibility index (Phi) is 9.23. The summed E-state index contributed by atoms with van der Waals surface area (Å²) in [6.45, 7) is 1.67. The number of aldehydes is 1. The number of nitrogens with zero attached hydrogens (tertiary/aromatic N) is 2. The fourth-order valence-corrected chi connectivity index (χ4v) is 7.71. The molecule has 42 heavy (non-hydrogen) atoms. The molecule has 5 rings (SSSR count). The van der Waals surface area contributed by atoms with E-state index in [0.29, 0.717) is 46.7 Å². The highest BCUT2D eigenvalue weighted by Crippen LogP contribution is 2.45. The Hall–Kier alpha value is -2.98. The number of morpholine rings is 1. The van der Waals surface area contributed by atoms with Gasteiger partial charge in [-0.25, -0.2) is 12.8 Å². The zero-order valence-electron chi connectivity index (χ0n) is 22.9. The molecule has 1 amide bonds. The van der Waals surface area contributed by atoms with E-state index < -0.39 is 51.3 Å². The van der Waals surface area contributed by atoms with Crippen molar-refractivity contribution in [3.8, 4) is 0 Å². The zero-order chi connectivity index (χ0) is 30.0. The van der Waals surface area contributed by atoms with Gasteiger partial charge in [-0.15, -0.1) is 0 Å². The van der Waals surface area contributed by atoms with Gasteiger partial charge in [0.05, 0.1) is 29.6 Å². The van der Waals surface area contributed by atoms with Gasteiger partial charge in [-0.1, -0.05) is 66.5 Å². The minimum Gasteiger partial charge on any atom is -0.357 e. The number of ether oxygens (including phenoxy) is 1. The summed E-state index contributed by atoms with van der Waals surface area (Å²) in [6.07, 6.45) is -0.0828. The van der Waals surface area contributed by atoms with Crippen molar-refractivity contribution in [3.05, 3.63) is 99.8 Å². The van der Waals surface area contributed by atoms with Crippen molar-refractivity contribution in [2.24, 2.45) is 0 Å². The maximum Gasteiger partial charge on any atom is 0.253 e. The molecule has 7 nitrogen and oxygen atoms in total. The fraction of sp³-hybridized carbons (Fsp3) is 0.355. The normalized spacial score (nSPS) is 21.7. The highest BCUT2D eigenvalue weighted by molar-refractivity contribution is 7.93. The number of para-hydroxylation sites is 1. The van der Waals surface area contributed by atoms with Gasteiger partial charge in [-0.05, 0) is 66.8 Å². The van der Waals surface area contributed by atoms with Crippen LogP contribution in [0.5, 0.6) is 0 Å². The van der Waals surface area contributed by atoms with Crippen LogP contribution < -0.4 is 4.31 Å². The molecule has 3 aromatic rings. The Morgan fingerprint density at radius 2 is 1.74 bits per heavy atom. The molecule has 1 saturated heterocycles. The van der Waals surface area contributed by atoms with Gasteiger partial charge in [-0.2, -0.15) is 0 Å². The number of rotatable bonds is 11. The number of anilines is 1. The number of amides is 1. The van der Waals surface area contributed by atoms with Crippen LogP contribution in [0.1, 0.15) is 55.9 Å². The van der Waals surface area contributed by atoms with Gasteiger partial charge in [0.1, 0.15) is 24.3 Å². The van der Waals surface area contributed by atoms with Crippen molar-refractivity contribution >= 4 is 51.1 Å². The maximum absolute atomic E-state index is 15.1. The van der Waals surface area contributed by atoms with Crippen LogP contribution in [0.3, 0.4) is 0 Å². The highest BCUT2D eigenvalue weighted by Gasteiger charge is 2.48. The van der Waals surface area contributed by atoms with Gasteiger partial charge in [0.25, 0.3) is 5.91 Å². The van der Waals surface area contributed by atoms with E-state index in [1.54, 1.807) is 53.4 Å². The summed E-state index contributed by atoms with van der Waals surface area (Å²) < 4.78 is 49.9. The van der Waals surface area contributed by atoms with Crippen LogP contribution in [0.15, 0.2) is 72.8 Å². The van der Waals surface area contributed by atoms with E-state index in [2.05, 4.69) is 0 Å². The molecule has 1 aliphatic carbocycles. The quantitative estimate of drug-likeness (QED) is 0.225. The van der Waals surface area contributed by atoms with Gasteiger partial charge in [0.15, 0.2) is 0 Å². The number of carbonyl (C=O) groups excluding carboxylic acids is 2. The average molecular weight is 634 g/mol. The van der Waals surface area contributed by atoms with E-state index in [0.717, 1.165) is 4.31 Å². The molecule has 0 aromatic heterocycles. The van der Waals surface area contributed by atoms with Crippen molar-refractivity contribution in [2.75, 3.05) is 10.8 Å². The van der Waals surface area contributed by atoms with E-state index in [1.807, 2.05) is 13.0 Å². The second-order valence-corrected chi connectivity index (χ2v) is 13.5. The van der Waals surface area contributed by atoms with Gasteiger partial charge >= 0.3 is 0 Å². The number of hydrogen-bond acceptors (Lipinski definition) is 5. The van der Waals surface area contributed by atoms with Crippen molar-refractivity contribution in [1.29, 1.82) is 0 Å². The first-order valence-electron chi connectivity index (χ1n) is 13.8. The van der Waals surface area contributed by atoms with E-state index in [4.69, 9.17) is 27.9 Å². The van der Waals surface area contributed by atoms with Crippen LogP contribution >= 0.6 is 23.2 Å². The lowest BCUT2D eigenvalue weighted by atomic mass is 9.89. The van der Waals surface area contributed by atoms with Crippen LogP contribution in [0, 0.1) is 5.82 Å². The number of halogens is 3. The first-order chi connectivity index (χ1) is 20.1. The standard InChI is InChI=1S/C31H31Cl2FN2O5S/c1-2-24(19-35(42(39,40)25-14-15-25)27-9-4-3-8-26(27)34)36-29(20-10-12-22(32)13-11-20)30(21-6-5-7-23(33)18-21)41-28(16-17-37)31(36)38/h3-13,17-18,24-25,28-30H,2,14-16,19H2,1H3/t24-,28+,29-,30-/m1/s1. The first kappa shape index (κ1) is 30.5. The molecular formula is C31H31Cl2FN2O5S. The van der Waals surface area contributed by atoms with Gasteiger partial charge < -0.3 is 14.4 Å². The summed E-state index contributed by atoms with van der Waals surface area (Å²) in [5, 5.41) is 0.360. The average Bonchev–Trinajstić information content (AvgIpc) is 3.83. The van der Waals surface area contributed by atoms with Crippen LogP contribution in [-0.4, -0.2) is 49.5 Å². The van der Waals surface area contributed by atoms with E-state index >= 15 is 4.39 Å². The molecule has 0 radical (unpaired) electrons. The Bertz CT molecular complexity index is 1550. The monoisotopic (exact) mass is 632 g/mol. The van der Waals surface area contributed by atoms with Crippen molar-refractivity contribution < 1.29 is 27.1 Å². The van der Waals surface area contributed by atoms with Gasteiger partial charge in [-0.3, -0.25) is 9.10 Å².